The summed E-state index contributed by atoms with van der Waals surface area (Å²) in [5.74, 6) is -1.67. The molecule has 2 N–H and O–H groups in total. The van der Waals surface area contributed by atoms with E-state index in [1.807, 2.05) is 0 Å². The molecule has 1 aliphatic rings. The van der Waals surface area contributed by atoms with Gasteiger partial charge in [0.15, 0.2) is 0 Å². The summed E-state index contributed by atoms with van der Waals surface area (Å²) in [7, 11) is 0. The fourth-order valence-corrected chi connectivity index (χ4v) is 2.65. The summed E-state index contributed by atoms with van der Waals surface area (Å²) in [4.78, 5) is 2.31. The van der Waals surface area contributed by atoms with Crippen molar-refractivity contribution in [3.05, 3.63) is 0 Å². The molecule has 0 bridgehead atoms. The molecule has 0 spiro atoms. The molecule has 1 unspecified atom stereocenters. The van der Waals surface area contributed by atoms with Gasteiger partial charge in [0.1, 0.15) is 0 Å². The Kier molecular flexibility index (Phi) is 5.80. The summed E-state index contributed by atoms with van der Waals surface area (Å²) in [6.07, 6.45) is 1.77. The average molecular weight is 248 g/mol. The number of hydrogen-bond acceptors (Lipinski definition) is 2. The molecule has 0 amide bonds. The lowest BCUT2D eigenvalue weighted by Gasteiger charge is -2.27. The molecule has 4 heteroatoms. The molecule has 102 valence electrons. The molecular weight excluding hydrogens is 222 g/mol. The molecule has 0 saturated heterocycles. The van der Waals surface area contributed by atoms with Gasteiger partial charge in [-0.1, -0.05) is 13.8 Å². The smallest absolute Gasteiger partial charge is 0.248 e. The number of alkyl halides is 2. The number of halogens is 2. The van der Waals surface area contributed by atoms with Crippen LogP contribution in [-0.4, -0.2) is 37.0 Å². The van der Waals surface area contributed by atoms with Crippen LogP contribution in [-0.2, 0) is 0 Å². The first-order chi connectivity index (χ1) is 7.93. The van der Waals surface area contributed by atoms with Crippen LogP contribution >= 0.6 is 0 Å². The third-order valence-electron chi connectivity index (χ3n) is 3.32. The topological polar surface area (TPSA) is 29.3 Å². The minimum Gasteiger partial charge on any atom is -0.330 e. The second kappa shape index (κ2) is 6.64. The highest BCUT2D eigenvalue weighted by Gasteiger charge is 2.39. The van der Waals surface area contributed by atoms with E-state index in [2.05, 4.69) is 18.7 Å². The molecule has 0 radical (unpaired) electrons. The minimum atomic E-state index is -2.41. The first kappa shape index (κ1) is 14.8. The lowest BCUT2D eigenvalue weighted by Crippen LogP contribution is -2.34. The van der Waals surface area contributed by atoms with Gasteiger partial charge in [-0.05, 0) is 37.8 Å². The normalized spacial score (nSPS) is 23.8. The Morgan fingerprint density at radius 2 is 2.12 bits per heavy atom. The van der Waals surface area contributed by atoms with Gasteiger partial charge in [-0.3, -0.25) is 0 Å². The monoisotopic (exact) mass is 248 g/mol. The van der Waals surface area contributed by atoms with Crippen molar-refractivity contribution in [3.63, 3.8) is 0 Å². The van der Waals surface area contributed by atoms with Crippen molar-refractivity contribution in [2.45, 2.75) is 45.5 Å². The molecule has 1 saturated carbocycles. The highest BCUT2D eigenvalue weighted by atomic mass is 19.3. The maximum atomic E-state index is 13.1. The summed E-state index contributed by atoms with van der Waals surface area (Å²) < 4.78 is 26.2. The first-order valence-corrected chi connectivity index (χ1v) is 6.73. The van der Waals surface area contributed by atoms with Gasteiger partial charge >= 0.3 is 0 Å². The molecule has 1 atom stereocenters. The van der Waals surface area contributed by atoms with Gasteiger partial charge in [-0.25, -0.2) is 8.78 Å². The Labute approximate surface area is 104 Å². The summed E-state index contributed by atoms with van der Waals surface area (Å²) in [5.41, 5.74) is 5.51. The predicted octanol–water partition coefficient (Wildman–Crippen LogP) is 2.73. The van der Waals surface area contributed by atoms with E-state index in [4.69, 9.17) is 5.73 Å². The molecule has 0 aromatic carbocycles. The van der Waals surface area contributed by atoms with Crippen LogP contribution in [0.1, 0.15) is 39.5 Å². The van der Waals surface area contributed by atoms with E-state index in [0.717, 1.165) is 26.1 Å². The molecule has 0 aliphatic heterocycles. The Balaban J connectivity index is 2.37. The zero-order valence-electron chi connectivity index (χ0n) is 11.1. The molecule has 0 aromatic heterocycles. The van der Waals surface area contributed by atoms with E-state index in [1.165, 1.54) is 0 Å². The van der Waals surface area contributed by atoms with E-state index in [1.54, 1.807) is 0 Å². The van der Waals surface area contributed by atoms with E-state index in [-0.39, 0.29) is 18.8 Å². The highest BCUT2D eigenvalue weighted by Crippen LogP contribution is 2.39. The van der Waals surface area contributed by atoms with Crippen LogP contribution in [0.5, 0.6) is 0 Å². The van der Waals surface area contributed by atoms with Gasteiger partial charge in [-0.15, -0.1) is 0 Å². The molecule has 17 heavy (non-hydrogen) atoms. The Morgan fingerprint density at radius 1 is 1.41 bits per heavy atom. The van der Waals surface area contributed by atoms with E-state index in [9.17, 15) is 8.78 Å². The third kappa shape index (κ3) is 5.77. The fraction of sp³-hybridized carbons (Fsp3) is 1.00. The SMILES string of the molecule is CC(C)CN(CCCN)CC1CCC(F)(F)C1. The van der Waals surface area contributed by atoms with Gasteiger partial charge in [0.2, 0.25) is 5.92 Å². The van der Waals surface area contributed by atoms with E-state index < -0.39 is 5.92 Å². The number of hydrogen-bond donors (Lipinski definition) is 1. The fourth-order valence-electron chi connectivity index (χ4n) is 2.65. The van der Waals surface area contributed by atoms with Crippen molar-refractivity contribution in [3.8, 4) is 0 Å². The summed E-state index contributed by atoms with van der Waals surface area (Å²) in [5, 5.41) is 0. The summed E-state index contributed by atoms with van der Waals surface area (Å²) in [6, 6.07) is 0. The predicted molar refractivity (Wildman–Crippen MR) is 67.2 cm³/mol. The lowest BCUT2D eigenvalue weighted by atomic mass is 10.1. The van der Waals surface area contributed by atoms with Crippen LogP contribution in [0.15, 0.2) is 0 Å². The average Bonchev–Trinajstić information content (AvgIpc) is 2.53. The van der Waals surface area contributed by atoms with Crippen LogP contribution in [0.3, 0.4) is 0 Å². The maximum absolute atomic E-state index is 13.1. The van der Waals surface area contributed by atoms with Crippen LogP contribution in [0.25, 0.3) is 0 Å². The molecule has 1 fully saturated rings. The molecule has 0 aromatic rings. The summed E-state index contributed by atoms with van der Waals surface area (Å²) >= 11 is 0. The largest absolute Gasteiger partial charge is 0.330 e. The molecule has 0 heterocycles. The molecule has 1 rings (SSSR count). The zero-order chi connectivity index (χ0) is 12.9. The second-order valence-corrected chi connectivity index (χ2v) is 5.76. The van der Waals surface area contributed by atoms with Crippen LogP contribution in [0, 0.1) is 11.8 Å². The zero-order valence-corrected chi connectivity index (χ0v) is 11.1. The lowest BCUT2D eigenvalue weighted by molar-refractivity contribution is 0.00327. The van der Waals surface area contributed by atoms with Crippen LogP contribution in [0.2, 0.25) is 0 Å². The van der Waals surface area contributed by atoms with Gasteiger partial charge < -0.3 is 10.6 Å². The van der Waals surface area contributed by atoms with Crippen molar-refractivity contribution in [2.24, 2.45) is 17.6 Å². The second-order valence-electron chi connectivity index (χ2n) is 5.76. The van der Waals surface area contributed by atoms with Crippen molar-refractivity contribution in [2.75, 3.05) is 26.2 Å². The summed E-state index contributed by atoms with van der Waals surface area (Å²) in [6.45, 7) is 7.75. The highest BCUT2D eigenvalue weighted by molar-refractivity contribution is 4.83. The third-order valence-corrected chi connectivity index (χ3v) is 3.32. The van der Waals surface area contributed by atoms with Crippen LogP contribution in [0.4, 0.5) is 8.78 Å². The first-order valence-electron chi connectivity index (χ1n) is 6.73. The van der Waals surface area contributed by atoms with Gasteiger partial charge in [-0.2, -0.15) is 0 Å². The maximum Gasteiger partial charge on any atom is 0.248 e. The van der Waals surface area contributed by atoms with Crippen molar-refractivity contribution >= 4 is 0 Å². The van der Waals surface area contributed by atoms with Crippen molar-refractivity contribution in [1.82, 2.24) is 4.90 Å². The van der Waals surface area contributed by atoms with Crippen molar-refractivity contribution < 1.29 is 8.78 Å². The number of rotatable bonds is 7. The van der Waals surface area contributed by atoms with Crippen molar-refractivity contribution in [1.29, 1.82) is 0 Å². The van der Waals surface area contributed by atoms with Gasteiger partial charge in [0, 0.05) is 25.9 Å². The van der Waals surface area contributed by atoms with Gasteiger partial charge in [0.05, 0.1) is 0 Å². The Bertz CT molecular complexity index is 219. The molecule has 1 aliphatic carbocycles. The minimum absolute atomic E-state index is 0.0735. The van der Waals surface area contributed by atoms with E-state index in [0.29, 0.717) is 18.9 Å². The molecule has 2 nitrogen and oxygen atoms in total. The molecular formula is C13H26F2N2. The number of nitrogens with two attached hydrogens (primary N) is 1. The van der Waals surface area contributed by atoms with Gasteiger partial charge in [0.25, 0.3) is 0 Å². The Hall–Kier alpha value is -0.220. The number of nitrogens with zero attached hydrogens (tertiary/aromatic N) is 1. The standard InChI is InChI=1S/C13H26F2N2/c1-11(2)9-17(7-3-6-16)10-12-4-5-13(14,15)8-12/h11-12H,3-10,16H2,1-2H3. The Morgan fingerprint density at radius 3 is 2.59 bits per heavy atom. The van der Waals surface area contributed by atoms with Crippen LogP contribution < -0.4 is 5.73 Å². The van der Waals surface area contributed by atoms with E-state index >= 15 is 0 Å². The quantitative estimate of drug-likeness (QED) is 0.750.